The van der Waals surface area contributed by atoms with E-state index in [2.05, 4.69) is 39.7 Å². The van der Waals surface area contributed by atoms with E-state index in [9.17, 15) is 9.59 Å². The molecule has 0 radical (unpaired) electrons. The molecule has 1 N–H and O–H groups in total. The Balaban J connectivity index is 1.64. The van der Waals surface area contributed by atoms with Gasteiger partial charge < -0.3 is 14.6 Å². The molecule has 3 aromatic heterocycles. The highest BCUT2D eigenvalue weighted by Crippen LogP contribution is 2.32. The molecule has 0 saturated heterocycles. The molecule has 11 heteroatoms. The number of thiazole rings is 1. The van der Waals surface area contributed by atoms with Crippen molar-refractivity contribution in [3.63, 3.8) is 0 Å². The van der Waals surface area contributed by atoms with Crippen LogP contribution in [-0.2, 0) is 23.0 Å². The first-order valence-corrected chi connectivity index (χ1v) is 12.1. The maximum absolute atomic E-state index is 12.4. The second kappa shape index (κ2) is 9.71. The fourth-order valence-electron chi connectivity index (χ4n) is 2.90. The third-order valence-electron chi connectivity index (χ3n) is 4.37. The van der Waals surface area contributed by atoms with E-state index in [4.69, 9.17) is 4.74 Å². The number of anilines is 1. The number of amides is 1. The number of thioether (sulfide) groups is 1. The summed E-state index contributed by atoms with van der Waals surface area (Å²) >= 11 is 4.12. The maximum Gasteiger partial charge on any atom is 0.350 e. The molecule has 0 spiro atoms. The zero-order chi connectivity index (χ0) is 21.8. The minimum atomic E-state index is -0.427. The SMILES string of the molecule is CCOC(=O)c1sc(NC(=O)CSc2nnc(-c3csc(C)c3CC)n2C)nc1C. The zero-order valence-corrected chi connectivity index (χ0v) is 19.9. The van der Waals surface area contributed by atoms with Gasteiger partial charge in [0.1, 0.15) is 4.88 Å². The first-order chi connectivity index (χ1) is 14.3. The van der Waals surface area contributed by atoms with Gasteiger partial charge in [-0.2, -0.15) is 0 Å². The summed E-state index contributed by atoms with van der Waals surface area (Å²) in [6, 6.07) is 0. The van der Waals surface area contributed by atoms with E-state index in [1.54, 1.807) is 25.2 Å². The van der Waals surface area contributed by atoms with E-state index in [0.717, 1.165) is 29.1 Å². The lowest BCUT2D eigenvalue weighted by Gasteiger charge is -2.05. The van der Waals surface area contributed by atoms with Gasteiger partial charge in [0, 0.05) is 22.9 Å². The molecule has 8 nitrogen and oxygen atoms in total. The Labute approximate surface area is 187 Å². The third-order valence-corrected chi connectivity index (χ3v) is 7.40. The van der Waals surface area contributed by atoms with Gasteiger partial charge in [-0.1, -0.05) is 30.0 Å². The maximum atomic E-state index is 12.4. The van der Waals surface area contributed by atoms with Crippen LogP contribution in [0, 0.1) is 13.8 Å². The molecule has 0 aliphatic heterocycles. The normalized spacial score (nSPS) is 11.0. The first-order valence-electron chi connectivity index (χ1n) is 9.39. The molecule has 3 rings (SSSR count). The smallest absolute Gasteiger partial charge is 0.350 e. The highest BCUT2D eigenvalue weighted by atomic mass is 32.2. The zero-order valence-electron chi connectivity index (χ0n) is 17.4. The van der Waals surface area contributed by atoms with Crippen LogP contribution in [0.15, 0.2) is 10.5 Å². The number of carbonyl (C=O) groups is 2. The molecule has 3 aromatic rings. The van der Waals surface area contributed by atoms with Gasteiger partial charge in [0.2, 0.25) is 5.91 Å². The lowest BCUT2D eigenvalue weighted by atomic mass is 10.1. The number of thiophene rings is 1. The van der Waals surface area contributed by atoms with E-state index >= 15 is 0 Å². The predicted molar refractivity (Wildman–Crippen MR) is 121 cm³/mol. The lowest BCUT2D eigenvalue weighted by Crippen LogP contribution is -2.14. The molecule has 30 heavy (non-hydrogen) atoms. The molecule has 0 fully saturated rings. The average molecular weight is 466 g/mol. The van der Waals surface area contributed by atoms with Crippen molar-refractivity contribution in [1.82, 2.24) is 19.7 Å². The standard InChI is InChI=1S/C19H23N5O3S3/c1-6-12-11(4)28-8-13(12)16-22-23-19(24(16)5)29-9-14(25)21-18-20-10(3)15(30-18)17(26)27-7-2/h8H,6-7,9H2,1-5H3,(H,20,21,25). The van der Waals surface area contributed by atoms with Crippen LogP contribution >= 0.6 is 34.4 Å². The number of aromatic nitrogens is 4. The van der Waals surface area contributed by atoms with Gasteiger partial charge in [-0.15, -0.1) is 21.5 Å². The van der Waals surface area contributed by atoms with Crippen LogP contribution in [0.3, 0.4) is 0 Å². The number of esters is 1. The van der Waals surface area contributed by atoms with Crippen molar-refractivity contribution in [2.24, 2.45) is 7.05 Å². The van der Waals surface area contributed by atoms with E-state index in [1.807, 2.05) is 11.6 Å². The summed E-state index contributed by atoms with van der Waals surface area (Å²) < 4.78 is 6.91. The van der Waals surface area contributed by atoms with Gasteiger partial charge in [0.05, 0.1) is 18.1 Å². The summed E-state index contributed by atoms with van der Waals surface area (Å²) in [5.41, 5.74) is 2.91. The number of rotatable bonds is 8. The Morgan fingerprint density at radius 1 is 1.27 bits per heavy atom. The molecular weight excluding hydrogens is 442 g/mol. The van der Waals surface area contributed by atoms with Crippen molar-refractivity contribution in [1.29, 1.82) is 0 Å². The van der Waals surface area contributed by atoms with Crippen molar-refractivity contribution in [3.05, 3.63) is 26.4 Å². The number of aryl methyl sites for hydroxylation is 2. The molecule has 0 bridgehead atoms. The van der Waals surface area contributed by atoms with Gasteiger partial charge in [0.15, 0.2) is 16.1 Å². The Bertz CT molecular complexity index is 1070. The van der Waals surface area contributed by atoms with Crippen molar-refractivity contribution < 1.29 is 14.3 Å². The number of nitrogens with one attached hydrogen (secondary N) is 1. The van der Waals surface area contributed by atoms with E-state index < -0.39 is 5.97 Å². The monoisotopic (exact) mass is 465 g/mol. The van der Waals surface area contributed by atoms with E-state index in [1.165, 1.54) is 22.2 Å². The summed E-state index contributed by atoms with van der Waals surface area (Å²) in [5, 5.41) is 14.4. The minimum Gasteiger partial charge on any atom is -0.462 e. The Hall–Kier alpha value is -2.24. The molecule has 0 aromatic carbocycles. The van der Waals surface area contributed by atoms with Gasteiger partial charge in [-0.25, -0.2) is 9.78 Å². The summed E-state index contributed by atoms with van der Waals surface area (Å²) in [6.07, 6.45) is 0.934. The van der Waals surface area contributed by atoms with Gasteiger partial charge in [-0.05, 0) is 32.8 Å². The van der Waals surface area contributed by atoms with Crippen LogP contribution in [0.2, 0.25) is 0 Å². The summed E-state index contributed by atoms with van der Waals surface area (Å²) in [4.78, 5) is 30.2. The minimum absolute atomic E-state index is 0.155. The van der Waals surface area contributed by atoms with Gasteiger partial charge in [0.25, 0.3) is 0 Å². The van der Waals surface area contributed by atoms with Gasteiger partial charge in [-0.3, -0.25) is 4.79 Å². The van der Waals surface area contributed by atoms with Crippen LogP contribution in [-0.4, -0.2) is 44.0 Å². The number of nitrogens with zero attached hydrogens (tertiary/aromatic N) is 4. The first kappa shape index (κ1) is 22.4. The molecular formula is C19H23N5O3S3. The van der Waals surface area contributed by atoms with Crippen molar-refractivity contribution >= 4 is 51.4 Å². The highest BCUT2D eigenvalue weighted by Gasteiger charge is 2.19. The molecule has 0 aliphatic rings. The number of ether oxygens (including phenoxy) is 1. The molecule has 0 atom stereocenters. The molecule has 0 unspecified atom stereocenters. The predicted octanol–water partition coefficient (Wildman–Crippen LogP) is 4.09. The topological polar surface area (TPSA) is 99.0 Å². The van der Waals surface area contributed by atoms with Crippen LogP contribution in [0.25, 0.3) is 11.4 Å². The average Bonchev–Trinajstić information content (AvgIpc) is 3.37. The number of hydrogen-bond donors (Lipinski definition) is 1. The Morgan fingerprint density at radius 3 is 2.73 bits per heavy atom. The summed E-state index contributed by atoms with van der Waals surface area (Å²) in [5.74, 6) is 0.301. The van der Waals surface area contributed by atoms with Crippen LogP contribution < -0.4 is 5.32 Å². The quantitative estimate of drug-likeness (QED) is 0.395. The molecule has 0 saturated carbocycles. The van der Waals surface area contributed by atoms with Crippen molar-refractivity contribution in [2.75, 3.05) is 17.7 Å². The molecule has 160 valence electrons. The summed E-state index contributed by atoms with van der Waals surface area (Å²) in [7, 11) is 1.90. The largest absolute Gasteiger partial charge is 0.462 e. The second-order valence-electron chi connectivity index (χ2n) is 6.39. The molecule has 3 heterocycles. The van der Waals surface area contributed by atoms with Crippen molar-refractivity contribution in [3.8, 4) is 11.4 Å². The summed E-state index contributed by atoms with van der Waals surface area (Å²) in [6.45, 7) is 7.98. The Morgan fingerprint density at radius 2 is 2.03 bits per heavy atom. The van der Waals surface area contributed by atoms with Crippen LogP contribution in [0.5, 0.6) is 0 Å². The van der Waals surface area contributed by atoms with Gasteiger partial charge >= 0.3 is 5.97 Å². The number of carbonyl (C=O) groups excluding carboxylic acids is 2. The van der Waals surface area contributed by atoms with Crippen molar-refractivity contribution in [2.45, 2.75) is 39.3 Å². The van der Waals surface area contributed by atoms with Crippen LogP contribution in [0.4, 0.5) is 5.13 Å². The fourth-order valence-corrected chi connectivity index (χ4v) is 5.43. The van der Waals surface area contributed by atoms with Crippen LogP contribution in [0.1, 0.15) is 39.7 Å². The molecule has 1 amide bonds. The lowest BCUT2D eigenvalue weighted by molar-refractivity contribution is -0.113. The number of hydrogen-bond acceptors (Lipinski definition) is 9. The second-order valence-corrected chi connectivity index (χ2v) is 9.42. The fraction of sp³-hybridized carbons (Fsp3) is 0.421. The molecule has 0 aliphatic carbocycles. The Kier molecular flexibility index (Phi) is 7.27. The van der Waals surface area contributed by atoms with E-state index in [-0.39, 0.29) is 11.7 Å². The third kappa shape index (κ3) is 4.73. The highest BCUT2D eigenvalue weighted by molar-refractivity contribution is 7.99. The van der Waals surface area contributed by atoms with E-state index in [0.29, 0.717) is 27.5 Å².